The third-order valence-electron chi connectivity index (χ3n) is 2.83. The van der Waals surface area contributed by atoms with Gasteiger partial charge in [0.15, 0.2) is 0 Å². The lowest BCUT2D eigenvalue weighted by Gasteiger charge is -2.13. The summed E-state index contributed by atoms with van der Waals surface area (Å²) >= 11 is 0. The molecule has 0 saturated heterocycles. The van der Waals surface area contributed by atoms with Crippen molar-refractivity contribution in [1.82, 2.24) is 0 Å². The van der Waals surface area contributed by atoms with Crippen LogP contribution in [0.2, 0.25) is 0 Å². The number of aliphatic hydroxyl groups is 1. The first-order valence-corrected chi connectivity index (χ1v) is 6.27. The zero-order chi connectivity index (χ0) is 15.2. The first-order valence-electron chi connectivity index (χ1n) is 6.27. The van der Waals surface area contributed by atoms with Gasteiger partial charge in [0.05, 0.1) is 6.10 Å². The maximum absolute atomic E-state index is 12.8. The topological polar surface area (TPSA) is 41.5 Å². The van der Waals surface area contributed by atoms with Crippen molar-refractivity contribution in [2.45, 2.75) is 12.7 Å². The van der Waals surface area contributed by atoms with Gasteiger partial charge in [0.2, 0.25) is 0 Å². The Labute approximate surface area is 120 Å². The number of alkyl halides is 2. The Morgan fingerprint density at radius 1 is 1.00 bits per heavy atom. The summed E-state index contributed by atoms with van der Waals surface area (Å²) in [6.07, 6.45) is -0.803. The molecule has 112 valence electrons. The Morgan fingerprint density at radius 3 is 2.19 bits per heavy atom. The third kappa shape index (κ3) is 4.68. The Kier molecular flexibility index (Phi) is 5.05. The van der Waals surface area contributed by atoms with Crippen LogP contribution in [0, 0.1) is 5.82 Å². The molecule has 2 N–H and O–H groups in total. The minimum Gasteiger partial charge on any atom is -0.435 e. The van der Waals surface area contributed by atoms with Gasteiger partial charge in [-0.05, 0) is 42.0 Å². The van der Waals surface area contributed by atoms with E-state index in [0.29, 0.717) is 11.3 Å². The van der Waals surface area contributed by atoms with Gasteiger partial charge in [-0.25, -0.2) is 4.39 Å². The average Bonchev–Trinajstić information content (AvgIpc) is 2.46. The van der Waals surface area contributed by atoms with Crippen molar-refractivity contribution in [3.05, 3.63) is 59.9 Å². The second-order valence-electron chi connectivity index (χ2n) is 4.35. The number of anilines is 1. The summed E-state index contributed by atoms with van der Waals surface area (Å²) in [5.74, 6) is -0.303. The fourth-order valence-corrected chi connectivity index (χ4v) is 1.77. The summed E-state index contributed by atoms with van der Waals surface area (Å²) in [6, 6.07) is 11.5. The number of hydrogen-bond acceptors (Lipinski definition) is 3. The first-order chi connectivity index (χ1) is 10.0. The van der Waals surface area contributed by atoms with Crippen LogP contribution in [0.4, 0.5) is 18.9 Å². The van der Waals surface area contributed by atoms with Gasteiger partial charge in [0.25, 0.3) is 0 Å². The van der Waals surface area contributed by atoms with Crippen LogP contribution in [0.1, 0.15) is 11.7 Å². The van der Waals surface area contributed by atoms with Gasteiger partial charge in [-0.1, -0.05) is 12.1 Å². The standard InChI is InChI=1S/C15H14F3NO2/c16-11-3-1-10(2-4-11)14(20)9-19-12-5-7-13(8-6-12)21-15(17)18/h1-8,14-15,19-20H,9H2. The van der Waals surface area contributed by atoms with E-state index >= 15 is 0 Å². The number of aliphatic hydroxyl groups excluding tert-OH is 1. The smallest absolute Gasteiger partial charge is 0.387 e. The quantitative estimate of drug-likeness (QED) is 0.856. The Balaban J connectivity index is 1.88. The van der Waals surface area contributed by atoms with E-state index in [2.05, 4.69) is 10.1 Å². The van der Waals surface area contributed by atoms with E-state index in [1.807, 2.05) is 0 Å². The van der Waals surface area contributed by atoms with E-state index in [4.69, 9.17) is 0 Å². The van der Waals surface area contributed by atoms with E-state index in [1.54, 1.807) is 12.1 Å². The Morgan fingerprint density at radius 2 is 1.62 bits per heavy atom. The highest BCUT2D eigenvalue weighted by atomic mass is 19.3. The van der Waals surface area contributed by atoms with Gasteiger partial charge < -0.3 is 15.2 Å². The average molecular weight is 297 g/mol. The summed E-state index contributed by atoms with van der Waals surface area (Å²) in [7, 11) is 0. The van der Waals surface area contributed by atoms with Gasteiger partial charge in [-0.15, -0.1) is 0 Å². The maximum Gasteiger partial charge on any atom is 0.387 e. The van der Waals surface area contributed by atoms with E-state index in [1.165, 1.54) is 36.4 Å². The molecule has 2 rings (SSSR count). The summed E-state index contributed by atoms with van der Waals surface area (Å²) in [5.41, 5.74) is 1.24. The Bertz CT molecular complexity index is 558. The van der Waals surface area contributed by atoms with Gasteiger partial charge in [0.1, 0.15) is 11.6 Å². The molecule has 1 unspecified atom stereocenters. The predicted molar refractivity (Wildman–Crippen MR) is 72.9 cm³/mol. The molecule has 0 aromatic heterocycles. The highest BCUT2D eigenvalue weighted by Gasteiger charge is 2.08. The number of ether oxygens (including phenoxy) is 1. The number of halogens is 3. The van der Waals surface area contributed by atoms with Crippen molar-refractivity contribution >= 4 is 5.69 Å². The number of rotatable bonds is 6. The third-order valence-corrected chi connectivity index (χ3v) is 2.83. The van der Waals surface area contributed by atoms with Gasteiger partial charge in [0, 0.05) is 12.2 Å². The van der Waals surface area contributed by atoms with Crippen LogP contribution < -0.4 is 10.1 Å². The van der Waals surface area contributed by atoms with Gasteiger partial charge >= 0.3 is 6.61 Å². The minimum atomic E-state index is -2.86. The first kappa shape index (κ1) is 15.2. The van der Waals surface area contributed by atoms with E-state index in [9.17, 15) is 18.3 Å². The highest BCUT2D eigenvalue weighted by Crippen LogP contribution is 2.19. The summed E-state index contributed by atoms with van der Waals surface area (Å²) < 4.78 is 41.0. The molecule has 2 aromatic rings. The monoisotopic (exact) mass is 297 g/mol. The van der Waals surface area contributed by atoms with E-state index in [0.717, 1.165) is 0 Å². The minimum absolute atomic E-state index is 0.0645. The molecule has 1 atom stereocenters. The van der Waals surface area contributed by atoms with Crippen LogP contribution in [0.5, 0.6) is 5.75 Å². The summed E-state index contributed by atoms with van der Waals surface area (Å²) in [5, 5.41) is 12.9. The molecule has 3 nitrogen and oxygen atoms in total. The molecule has 0 bridgehead atoms. The van der Waals surface area contributed by atoms with Crippen molar-refractivity contribution in [2.75, 3.05) is 11.9 Å². The zero-order valence-electron chi connectivity index (χ0n) is 11.0. The fraction of sp³-hybridized carbons (Fsp3) is 0.200. The van der Waals surface area contributed by atoms with Crippen LogP contribution in [0.15, 0.2) is 48.5 Å². The Hall–Kier alpha value is -2.21. The molecule has 6 heteroatoms. The molecule has 0 aliphatic carbocycles. The highest BCUT2D eigenvalue weighted by molar-refractivity contribution is 5.46. The molecule has 0 spiro atoms. The van der Waals surface area contributed by atoms with Crippen molar-refractivity contribution in [3.63, 3.8) is 0 Å². The number of hydrogen-bond donors (Lipinski definition) is 2. The second-order valence-corrected chi connectivity index (χ2v) is 4.35. The van der Waals surface area contributed by atoms with Crippen LogP contribution in [-0.4, -0.2) is 18.3 Å². The lowest BCUT2D eigenvalue weighted by molar-refractivity contribution is -0.0498. The van der Waals surface area contributed by atoms with Crippen LogP contribution in [0.3, 0.4) is 0 Å². The zero-order valence-corrected chi connectivity index (χ0v) is 11.0. The largest absolute Gasteiger partial charge is 0.435 e. The van der Waals surface area contributed by atoms with E-state index in [-0.39, 0.29) is 18.1 Å². The maximum atomic E-state index is 12.8. The number of benzene rings is 2. The lowest BCUT2D eigenvalue weighted by atomic mass is 10.1. The molecule has 21 heavy (non-hydrogen) atoms. The summed E-state index contributed by atoms with van der Waals surface area (Å²) in [4.78, 5) is 0. The molecule has 0 heterocycles. The molecule has 0 amide bonds. The molecular weight excluding hydrogens is 283 g/mol. The normalized spacial score (nSPS) is 12.2. The van der Waals surface area contributed by atoms with Gasteiger partial charge in [-0.3, -0.25) is 0 Å². The fourth-order valence-electron chi connectivity index (χ4n) is 1.77. The lowest BCUT2D eigenvalue weighted by Crippen LogP contribution is -2.12. The molecule has 0 fully saturated rings. The van der Waals surface area contributed by atoms with Crippen LogP contribution in [0.25, 0.3) is 0 Å². The van der Waals surface area contributed by atoms with Crippen LogP contribution in [-0.2, 0) is 0 Å². The van der Waals surface area contributed by atoms with Crippen molar-refractivity contribution in [3.8, 4) is 5.75 Å². The molecule has 0 saturated carbocycles. The summed E-state index contributed by atoms with van der Waals surface area (Å²) in [6.45, 7) is -2.65. The SMILES string of the molecule is OC(CNc1ccc(OC(F)F)cc1)c1ccc(F)cc1. The van der Waals surface area contributed by atoms with Crippen molar-refractivity contribution < 1.29 is 23.0 Å². The van der Waals surface area contributed by atoms with Gasteiger partial charge in [-0.2, -0.15) is 8.78 Å². The molecule has 0 radical (unpaired) electrons. The number of nitrogens with one attached hydrogen (secondary N) is 1. The van der Waals surface area contributed by atoms with E-state index < -0.39 is 12.7 Å². The molecule has 2 aromatic carbocycles. The predicted octanol–water partition coefficient (Wildman–Crippen LogP) is 3.57. The second kappa shape index (κ2) is 6.99. The molecule has 0 aliphatic heterocycles. The molecule has 0 aliphatic rings. The van der Waals surface area contributed by atoms with Crippen LogP contribution >= 0.6 is 0 Å². The van der Waals surface area contributed by atoms with Crippen molar-refractivity contribution in [2.24, 2.45) is 0 Å². The van der Waals surface area contributed by atoms with Crippen molar-refractivity contribution in [1.29, 1.82) is 0 Å². The molecular formula is C15H14F3NO2.